The minimum absolute atomic E-state index is 0.0421. The lowest BCUT2D eigenvalue weighted by molar-refractivity contribution is 0.101. The fourth-order valence-corrected chi connectivity index (χ4v) is 2.76. The van der Waals surface area contributed by atoms with E-state index in [2.05, 4.69) is 5.32 Å². The first-order chi connectivity index (χ1) is 10.2. The fourth-order valence-electron chi connectivity index (χ4n) is 2.11. The van der Waals surface area contributed by atoms with Gasteiger partial charge in [-0.1, -0.05) is 6.07 Å². The number of fused-ring (bicyclic) bond motifs is 1. The Morgan fingerprint density at radius 2 is 2.29 bits per heavy atom. The minimum atomic E-state index is -0.0971. The summed E-state index contributed by atoms with van der Waals surface area (Å²) in [4.78, 5) is 13.2. The van der Waals surface area contributed by atoms with E-state index in [1.54, 1.807) is 29.5 Å². The molecule has 108 valence electrons. The van der Waals surface area contributed by atoms with E-state index in [9.17, 15) is 4.79 Å². The van der Waals surface area contributed by atoms with Gasteiger partial charge in [0.15, 0.2) is 5.76 Å². The largest absolute Gasteiger partial charge is 0.452 e. The summed E-state index contributed by atoms with van der Waals surface area (Å²) in [6.07, 6.45) is 1.76. The van der Waals surface area contributed by atoms with Crippen molar-refractivity contribution in [3.8, 4) is 5.75 Å². The zero-order chi connectivity index (χ0) is 14.8. The van der Waals surface area contributed by atoms with E-state index in [0.29, 0.717) is 17.1 Å². The second-order valence-electron chi connectivity index (χ2n) is 4.89. The number of aliphatic hydroxyl groups excluding tert-OH is 1. The normalized spacial score (nSPS) is 16.7. The molecule has 4 nitrogen and oxygen atoms in total. The van der Waals surface area contributed by atoms with Crippen molar-refractivity contribution >= 4 is 28.9 Å². The monoisotopic (exact) mass is 301 g/mol. The molecule has 0 aliphatic carbocycles. The summed E-state index contributed by atoms with van der Waals surface area (Å²) in [6.45, 7) is 1.92. The number of nitrogens with one attached hydrogen (secondary N) is 1. The maximum atomic E-state index is 12.3. The summed E-state index contributed by atoms with van der Waals surface area (Å²) in [6, 6.07) is 9.17. The minimum Gasteiger partial charge on any atom is -0.452 e. The highest BCUT2D eigenvalue weighted by molar-refractivity contribution is 7.10. The van der Waals surface area contributed by atoms with Crippen molar-refractivity contribution in [2.24, 2.45) is 0 Å². The number of carbonyl (C=O) groups is 1. The highest BCUT2D eigenvalue weighted by atomic mass is 32.1. The molecule has 0 amide bonds. The molecule has 0 spiro atoms. The van der Waals surface area contributed by atoms with Crippen molar-refractivity contribution in [3.05, 3.63) is 51.9 Å². The van der Waals surface area contributed by atoms with Crippen molar-refractivity contribution in [1.82, 2.24) is 0 Å². The molecule has 3 rings (SSSR count). The van der Waals surface area contributed by atoms with Crippen LogP contribution in [0.25, 0.3) is 6.08 Å². The Balaban J connectivity index is 1.86. The molecule has 1 atom stereocenters. The van der Waals surface area contributed by atoms with Crippen LogP contribution in [-0.4, -0.2) is 23.5 Å². The summed E-state index contributed by atoms with van der Waals surface area (Å²) >= 11 is 1.56. The molecule has 2 N–H and O–H groups in total. The van der Waals surface area contributed by atoms with Crippen LogP contribution in [0.5, 0.6) is 5.75 Å². The number of allylic oxidation sites excluding steroid dienone is 1. The Labute approximate surface area is 126 Å². The van der Waals surface area contributed by atoms with Crippen LogP contribution in [0, 0.1) is 0 Å². The van der Waals surface area contributed by atoms with Crippen molar-refractivity contribution in [1.29, 1.82) is 0 Å². The van der Waals surface area contributed by atoms with Gasteiger partial charge in [-0.15, -0.1) is 11.3 Å². The summed E-state index contributed by atoms with van der Waals surface area (Å²) in [5, 5.41) is 14.2. The number of anilines is 1. The zero-order valence-electron chi connectivity index (χ0n) is 11.5. The van der Waals surface area contributed by atoms with Gasteiger partial charge in [-0.2, -0.15) is 0 Å². The van der Waals surface area contributed by atoms with E-state index >= 15 is 0 Å². The molecule has 2 aromatic rings. The van der Waals surface area contributed by atoms with E-state index in [0.717, 1.165) is 10.6 Å². The molecule has 21 heavy (non-hydrogen) atoms. The maximum absolute atomic E-state index is 12.3. The molecule has 1 aromatic carbocycles. The van der Waals surface area contributed by atoms with Gasteiger partial charge < -0.3 is 15.2 Å². The third-order valence-electron chi connectivity index (χ3n) is 3.17. The molecule has 1 aliphatic heterocycles. The molecule has 2 heterocycles. The molecule has 1 aliphatic rings. The number of hydrogen-bond acceptors (Lipinski definition) is 5. The molecule has 0 bridgehead atoms. The number of ether oxygens (including phenoxy) is 1. The topological polar surface area (TPSA) is 58.6 Å². The van der Waals surface area contributed by atoms with Crippen LogP contribution in [-0.2, 0) is 0 Å². The maximum Gasteiger partial charge on any atom is 0.231 e. The highest BCUT2D eigenvalue weighted by Crippen LogP contribution is 2.34. The molecule has 5 heteroatoms. The molecular weight excluding hydrogens is 286 g/mol. The van der Waals surface area contributed by atoms with Crippen LogP contribution < -0.4 is 10.1 Å². The van der Waals surface area contributed by atoms with Gasteiger partial charge in [0.05, 0.1) is 12.2 Å². The lowest BCUT2D eigenvalue weighted by Crippen LogP contribution is -2.19. The van der Waals surface area contributed by atoms with Crippen molar-refractivity contribution in [2.45, 2.75) is 13.0 Å². The highest BCUT2D eigenvalue weighted by Gasteiger charge is 2.27. The van der Waals surface area contributed by atoms with Crippen LogP contribution in [0.3, 0.4) is 0 Å². The lowest BCUT2D eigenvalue weighted by Gasteiger charge is -2.12. The van der Waals surface area contributed by atoms with E-state index in [4.69, 9.17) is 9.84 Å². The van der Waals surface area contributed by atoms with Gasteiger partial charge in [-0.05, 0) is 30.5 Å². The number of benzene rings is 1. The third-order valence-corrected chi connectivity index (χ3v) is 3.99. The second kappa shape index (κ2) is 5.71. The number of hydrogen-bond donors (Lipinski definition) is 2. The van der Waals surface area contributed by atoms with Crippen LogP contribution in [0.2, 0.25) is 0 Å². The van der Waals surface area contributed by atoms with E-state index in [1.165, 1.54) is 0 Å². The Morgan fingerprint density at radius 3 is 3.00 bits per heavy atom. The number of ketones is 1. The predicted octanol–water partition coefficient (Wildman–Crippen LogP) is 3.16. The quantitative estimate of drug-likeness (QED) is 0.852. The Kier molecular flexibility index (Phi) is 3.77. The number of thiophene rings is 1. The SMILES string of the molecule is C[C@@H](CO)Nc1ccc2c(c1)O/C(=C\c1cccs1)C2=O. The third kappa shape index (κ3) is 2.84. The number of carbonyl (C=O) groups excluding carboxylic acids is 1. The Hall–Kier alpha value is -2.11. The first-order valence-corrected chi connectivity index (χ1v) is 7.54. The molecule has 0 saturated carbocycles. The average molecular weight is 301 g/mol. The van der Waals surface area contributed by atoms with Gasteiger partial charge in [-0.3, -0.25) is 4.79 Å². The summed E-state index contributed by atoms with van der Waals surface area (Å²) in [5.41, 5.74) is 1.39. The van der Waals surface area contributed by atoms with Gasteiger partial charge in [0.1, 0.15) is 5.75 Å². The first kappa shape index (κ1) is 13.9. The van der Waals surface area contributed by atoms with Gasteiger partial charge in [-0.25, -0.2) is 0 Å². The van der Waals surface area contributed by atoms with Crippen LogP contribution >= 0.6 is 11.3 Å². The van der Waals surface area contributed by atoms with Crippen LogP contribution in [0.4, 0.5) is 5.69 Å². The molecule has 0 unspecified atom stereocenters. The molecule has 0 saturated heterocycles. The van der Waals surface area contributed by atoms with Crippen molar-refractivity contribution in [3.63, 3.8) is 0 Å². The van der Waals surface area contributed by atoms with Gasteiger partial charge in [0.25, 0.3) is 0 Å². The Morgan fingerprint density at radius 1 is 1.43 bits per heavy atom. The average Bonchev–Trinajstić information content (AvgIpc) is 3.08. The lowest BCUT2D eigenvalue weighted by atomic mass is 10.1. The number of aliphatic hydroxyl groups is 1. The van der Waals surface area contributed by atoms with Gasteiger partial charge in [0.2, 0.25) is 5.78 Å². The summed E-state index contributed by atoms with van der Waals surface area (Å²) < 4.78 is 5.66. The van der Waals surface area contributed by atoms with Gasteiger partial charge >= 0.3 is 0 Å². The van der Waals surface area contributed by atoms with E-state index < -0.39 is 0 Å². The first-order valence-electron chi connectivity index (χ1n) is 6.66. The Bertz CT molecular complexity index is 692. The summed E-state index contributed by atoms with van der Waals surface area (Å²) in [7, 11) is 0. The molecule has 1 aromatic heterocycles. The fraction of sp³-hybridized carbons (Fsp3) is 0.188. The van der Waals surface area contributed by atoms with E-state index in [-0.39, 0.29) is 18.4 Å². The number of Topliss-reactive ketones (excluding diaryl/α,β-unsaturated/α-hetero) is 1. The molecule has 0 radical (unpaired) electrons. The standard InChI is InChI=1S/C16H15NO3S/c1-10(9-18)17-11-4-5-13-14(7-11)20-15(16(13)19)8-12-3-2-6-21-12/h2-8,10,17-18H,9H2,1H3/b15-8-/t10-/m0/s1. The van der Waals surface area contributed by atoms with E-state index in [1.807, 2.05) is 30.5 Å². The van der Waals surface area contributed by atoms with Crippen LogP contribution in [0.1, 0.15) is 22.2 Å². The molecule has 0 fully saturated rings. The van der Waals surface area contributed by atoms with Crippen molar-refractivity contribution < 1.29 is 14.6 Å². The zero-order valence-corrected chi connectivity index (χ0v) is 12.3. The number of rotatable bonds is 4. The smallest absolute Gasteiger partial charge is 0.231 e. The van der Waals surface area contributed by atoms with Crippen LogP contribution in [0.15, 0.2) is 41.5 Å². The van der Waals surface area contributed by atoms with Gasteiger partial charge in [0, 0.05) is 28.7 Å². The predicted molar refractivity (Wildman–Crippen MR) is 83.9 cm³/mol. The summed E-state index contributed by atoms with van der Waals surface area (Å²) in [5.74, 6) is 0.804. The molecular formula is C16H15NO3S. The van der Waals surface area contributed by atoms with Crippen molar-refractivity contribution in [2.75, 3.05) is 11.9 Å². The second-order valence-corrected chi connectivity index (χ2v) is 5.87.